The molecule has 1 aromatic rings. The van der Waals surface area contributed by atoms with Crippen LogP contribution in [-0.2, 0) is 10.0 Å². The molecule has 0 radical (unpaired) electrons. The Labute approximate surface area is 121 Å². The molecule has 1 fully saturated rings. The minimum Gasteiger partial charge on any atom is -0.496 e. The highest BCUT2D eigenvalue weighted by Crippen LogP contribution is 2.30. The Morgan fingerprint density at radius 2 is 1.80 bits per heavy atom. The molecule has 1 aromatic carbocycles. The molecule has 1 heterocycles. The number of methoxy groups -OCH3 is 1. The number of hydrogen-bond acceptors (Lipinski definition) is 3. The molecule has 0 saturated carbocycles. The first-order valence-electron chi connectivity index (χ1n) is 7.15. The Morgan fingerprint density at radius 3 is 2.35 bits per heavy atom. The van der Waals surface area contributed by atoms with Crippen molar-refractivity contribution in [3.05, 3.63) is 23.8 Å². The summed E-state index contributed by atoms with van der Waals surface area (Å²) in [5.41, 5.74) is 1.03. The molecule has 0 atom stereocenters. The van der Waals surface area contributed by atoms with Crippen molar-refractivity contribution in [1.82, 2.24) is 4.31 Å². The van der Waals surface area contributed by atoms with Crippen molar-refractivity contribution < 1.29 is 13.2 Å². The number of benzene rings is 1. The van der Waals surface area contributed by atoms with E-state index in [0.29, 0.717) is 29.7 Å². The van der Waals surface area contributed by atoms with E-state index in [9.17, 15) is 8.42 Å². The van der Waals surface area contributed by atoms with Crippen molar-refractivity contribution in [2.75, 3.05) is 20.2 Å². The predicted molar refractivity (Wildman–Crippen MR) is 79.7 cm³/mol. The number of rotatable bonds is 4. The summed E-state index contributed by atoms with van der Waals surface area (Å²) in [6.45, 7) is 5.38. The largest absolute Gasteiger partial charge is 0.496 e. The van der Waals surface area contributed by atoms with Crippen LogP contribution in [0.4, 0.5) is 0 Å². The number of piperidine rings is 1. The van der Waals surface area contributed by atoms with Crippen molar-refractivity contribution in [2.45, 2.75) is 43.9 Å². The lowest BCUT2D eigenvalue weighted by Crippen LogP contribution is -2.35. The first-order chi connectivity index (χ1) is 9.46. The Hall–Kier alpha value is -1.07. The van der Waals surface area contributed by atoms with Gasteiger partial charge in [0.15, 0.2) is 0 Å². The first kappa shape index (κ1) is 15.3. The van der Waals surface area contributed by atoms with Crippen molar-refractivity contribution >= 4 is 10.0 Å². The molecule has 5 heteroatoms. The monoisotopic (exact) mass is 297 g/mol. The predicted octanol–water partition coefficient (Wildman–Crippen LogP) is 2.99. The Bertz CT molecular complexity index is 560. The minimum absolute atomic E-state index is 0.302. The average molecular weight is 297 g/mol. The van der Waals surface area contributed by atoms with Crippen LogP contribution >= 0.6 is 0 Å². The van der Waals surface area contributed by atoms with E-state index in [1.165, 1.54) is 0 Å². The average Bonchev–Trinajstić information content (AvgIpc) is 2.47. The molecule has 0 unspecified atom stereocenters. The molecular formula is C15H23NO3S. The zero-order valence-electron chi connectivity index (χ0n) is 12.4. The summed E-state index contributed by atoms with van der Waals surface area (Å²) in [5.74, 6) is 0.953. The second kappa shape index (κ2) is 6.14. The molecule has 1 aliphatic rings. The molecule has 20 heavy (non-hydrogen) atoms. The van der Waals surface area contributed by atoms with E-state index in [1.807, 2.05) is 6.07 Å². The molecule has 0 spiro atoms. The molecule has 4 nitrogen and oxygen atoms in total. The van der Waals surface area contributed by atoms with Crippen LogP contribution in [0.1, 0.15) is 44.6 Å². The molecule has 112 valence electrons. The van der Waals surface area contributed by atoms with Gasteiger partial charge in [0.1, 0.15) is 5.75 Å². The maximum Gasteiger partial charge on any atom is 0.243 e. The van der Waals surface area contributed by atoms with E-state index >= 15 is 0 Å². The van der Waals surface area contributed by atoms with Gasteiger partial charge in [-0.05, 0) is 30.4 Å². The number of ether oxygens (including phenoxy) is 1. The molecule has 2 rings (SSSR count). The number of hydrogen-bond donors (Lipinski definition) is 0. The standard InChI is InChI=1S/C15H23NO3S/c1-12(2)14-8-7-13(11-15(14)19-3)20(17,18)16-9-5-4-6-10-16/h7-8,11-12H,4-6,9-10H2,1-3H3. The van der Waals surface area contributed by atoms with Crippen LogP contribution in [0.3, 0.4) is 0 Å². The van der Waals surface area contributed by atoms with E-state index in [1.54, 1.807) is 23.5 Å². The van der Waals surface area contributed by atoms with Crippen LogP contribution in [0.5, 0.6) is 5.75 Å². The summed E-state index contributed by atoms with van der Waals surface area (Å²) in [7, 11) is -1.80. The Balaban J connectivity index is 2.36. The van der Waals surface area contributed by atoms with E-state index < -0.39 is 10.0 Å². The lowest BCUT2D eigenvalue weighted by Gasteiger charge is -2.26. The Kier molecular flexibility index (Phi) is 4.70. The van der Waals surface area contributed by atoms with Crippen LogP contribution in [-0.4, -0.2) is 32.9 Å². The molecule has 0 aromatic heterocycles. The fourth-order valence-corrected chi connectivity index (χ4v) is 4.12. The number of nitrogens with zero attached hydrogens (tertiary/aromatic N) is 1. The van der Waals surface area contributed by atoms with Crippen LogP contribution in [0.25, 0.3) is 0 Å². The van der Waals surface area contributed by atoms with Crippen molar-refractivity contribution in [2.24, 2.45) is 0 Å². The second-order valence-corrected chi connectivity index (χ2v) is 7.46. The van der Waals surface area contributed by atoms with Gasteiger partial charge in [0.05, 0.1) is 12.0 Å². The summed E-state index contributed by atoms with van der Waals surface area (Å²) >= 11 is 0. The third-order valence-electron chi connectivity index (χ3n) is 3.78. The van der Waals surface area contributed by atoms with Gasteiger partial charge in [-0.2, -0.15) is 4.31 Å². The third-order valence-corrected chi connectivity index (χ3v) is 5.67. The second-order valence-electron chi connectivity index (χ2n) is 5.52. The fraction of sp³-hybridized carbons (Fsp3) is 0.600. The quantitative estimate of drug-likeness (QED) is 0.858. The maximum absolute atomic E-state index is 12.6. The van der Waals surface area contributed by atoms with Crippen molar-refractivity contribution in [3.8, 4) is 5.75 Å². The van der Waals surface area contributed by atoms with E-state index in [4.69, 9.17) is 4.74 Å². The van der Waals surface area contributed by atoms with Gasteiger partial charge in [0.2, 0.25) is 10.0 Å². The Morgan fingerprint density at radius 1 is 1.15 bits per heavy atom. The molecule has 0 aliphatic carbocycles. The van der Waals surface area contributed by atoms with Gasteiger partial charge in [-0.3, -0.25) is 0 Å². The first-order valence-corrected chi connectivity index (χ1v) is 8.59. The molecule has 0 N–H and O–H groups in total. The zero-order chi connectivity index (χ0) is 14.8. The van der Waals surface area contributed by atoms with E-state index in [0.717, 1.165) is 24.8 Å². The van der Waals surface area contributed by atoms with Crippen molar-refractivity contribution in [1.29, 1.82) is 0 Å². The lowest BCUT2D eigenvalue weighted by molar-refractivity contribution is 0.346. The van der Waals surface area contributed by atoms with Crippen LogP contribution in [0.15, 0.2) is 23.1 Å². The highest BCUT2D eigenvalue weighted by atomic mass is 32.2. The minimum atomic E-state index is -3.38. The van der Waals surface area contributed by atoms with E-state index in [-0.39, 0.29) is 0 Å². The molecule has 0 amide bonds. The number of sulfonamides is 1. The summed E-state index contributed by atoms with van der Waals surface area (Å²) in [5, 5.41) is 0. The van der Waals surface area contributed by atoms with Gasteiger partial charge in [0, 0.05) is 19.2 Å². The smallest absolute Gasteiger partial charge is 0.243 e. The van der Waals surface area contributed by atoms with Crippen LogP contribution in [0.2, 0.25) is 0 Å². The van der Waals surface area contributed by atoms with Crippen LogP contribution in [0, 0.1) is 0 Å². The van der Waals surface area contributed by atoms with Gasteiger partial charge < -0.3 is 4.74 Å². The van der Waals surface area contributed by atoms with Gasteiger partial charge in [-0.15, -0.1) is 0 Å². The zero-order valence-corrected chi connectivity index (χ0v) is 13.2. The highest BCUT2D eigenvalue weighted by Gasteiger charge is 2.26. The van der Waals surface area contributed by atoms with Gasteiger partial charge in [-0.1, -0.05) is 26.3 Å². The molecule has 1 aliphatic heterocycles. The SMILES string of the molecule is COc1cc(S(=O)(=O)N2CCCCC2)ccc1C(C)C. The van der Waals surface area contributed by atoms with E-state index in [2.05, 4.69) is 13.8 Å². The molecular weight excluding hydrogens is 274 g/mol. The lowest BCUT2D eigenvalue weighted by atomic mass is 10.0. The summed E-state index contributed by atoms with van der Waals surface area (Å²) in [6, 6.07) is 5.21. The third kappa shape index (κ3) is 2.99. The topological polar surface area (TPSA) is 46.6 Å². The van der Waals surface area contributed by atoms with Gasteiger partial charge in [-0.25, -0.2) is 8.42 Å². The fourth-order valence-electron chi connectivity index (χ4n) is 2.58. The van der Waals surface area contributed by atoms with Crippen molar-refractivity contribution in [3.63, 3.8) is 0 Å². The molecule has 1 saturated heterocycles. The maximum atomic E-state index is 12.6. The molecule has 0 bridgehead atoms. The normalized spacial score (nSPS) is 17.4. The highest BCUT2D eigenvalue weighted by molar-refractivity contribution is 7.89. The van der Waals surface area contributed by atoms with Gasteiger partial charge in [0.25, 0.3) is 0 Å². The summed E-state index contributed by atoms with van der Waals surface area (Å²) in [6.07, 6.45) is 3.00. The van der Waals surface area contributed by atoms with Crippen LogP contribution < -0.4 is 4.74 Å². The summed E-state index contributed by atoms with van der Waals surface area (Å²) < 4.78 is 32.1. The van der Waals surface area contributed by atoms with Gasteiger partial charge >= 0.3 is 0 Å². The summed E-state index contributed by atoms with van der Waals surface area (Å²) in [4.78, 5) is 0.334.